The monoisotopic (exact) mass is 289 g/mol. The van der Waals surface area contributed by atoms with Crippen molar-refractivity contribution in [3.8, 4) is 5.75 Å². The molecule has 0 radical (unpaired) electrons. The minimum absolute atomic E-state index is 0.178. The molecule has 21 heavy (non-hydrogen) atoms. The van der Waals surface area contributed by atoms with Crippen LogP contribution < -0.4 is 10.1 Å². The van der Waals surface area contributed by atoms with Crippen molar-refractivity contribution in [2.45, 2.75) is 44.1 Å². The van der Waals surface area contributed by atoms with E-state index in [9.17, 15) is 9.90 Å². The normalized spacial score (nSPS) is 20.4. The zero-order chi connectivity index (χ0) is 14.9. The molecule has 0 aliphatic heterocycles. The number of carboxylic acids is 1. The lowest BCUT2D eigenvalue weighted by Crippen LogP contribution is -2.56. The Bertz CT molecular complexity index is 539. The molecule has 1 aromatic rings. The van der Waals surface area contributed by atoms with E-state index in [0.717, 1.165) is 31.4 Å². The molecular weight excluding hydrogens is 266 g/mol. The number of carboxylic acid groups (broad SMARTS) is 1. The molecular formula is C17H23NO3. The molecule has 1 atom stereocenters. The van der Waals surface area contributed by atoms with Crippen LogP contribution >= 0.6 is 0 Å². The first-order valence-corrected chi connectivity index (χ1v) is 7.82. The van der Waals surface area contributed by atoms with E-state index in [0.29, 0.717) is 0 Å². The second-order valence-electron chi connectivity index (χ2n) is 6.23. The van der Waals surface area contributed by atoms with Crippen molar-refractivity contribution in [2.24, 2.45) is 5.92 Å². The summed E-state index contributed by atoms with van der Waals surface area (Å²) in [5, 5.41) is 12.5. The van der Waals surface area contributed by atoms with Crippen LogP contribution in [0.2, 0.25) is 0 Å². The van der Waals surface area contributed by atoms with E-state index in [-0.39, 0.29) is 12.5 Å². The molecule has 0 saturated heterocycles. The second-order valence-corrected chi connectivity index (χ2v) is 6.23. The number of hydrogen-bond acceptors (Lipinski definition) is 3. The van der Waals surface area contributed by atoms with Gasteiger partial charge in [-0.3, -0.25) is 4.79 Å². The van der Waals surface area contributed by atoms with Crippen LogP contribution in [-0.4, -0.2) is 30.3 Å². The minimum Gasteiger partial charge on any atom is -0.491 e. The van der Waals surface area contributed by atoms with Crippen LogP contribution in [-0.2, 0) is 17.6 Å². The van der Waals surface area contributed by atoms with Crippen LogP contribution in [0.15, 0.2) is 18.2 Å². The van der Waals surface area contributed by atoms with Crippen molar-refractivity contribution in [3.63, 3.8) is 0 Å². The van der Waals surface area contributed by atoms with Crippen LogP contribution in [0.25, 0.3) is 0 Å². The number of fused-ring (bicyclic) bond motifs is 1. The number of ether oxygens (including phenoxy) is 1. The van der Waals surface area contributed by atoms with Gasteiger partial charge in [0.15, 0.2) is 5.54 Å². The maximum atomic E-state index is 11.6. The molecule has 2 aliphatic rings. The third kappa shape index (κ3) is 2.77. The predicted octanol–water partition coefficient (Wildman–Crippen LogP) is 2.40. The highest BCUT2D eigenvalue weighted by Crippen LogP contribution is 2.40. The van der Waals surface area contributed by atoms with Gasteiger partial charge in [0.2, 0.25) is 0 Å². The third-order valence-electron chi connectivity index (χ3n) is 4.89. The van der Waals surface area contributed by atoms with Gasteiger partial charge in [0.25, 0.3) is 0 Å². The lowest BCUT2D eigenvalue weighted by molar-refractivity contribution is -0.147. The number of benzene rings is 1. The van der Waals surface area contributed by atoms with Crippen LogP contribution in [0.3, 0.4) is 0 Å². The van der Waals surface area contributed by atoms with Crippen molar-refractivity contribution < 1.29 is 14.6 Å². The van der Waals surface area contributed by atoms with Crippen LogP contribution in [0.5, 0.6) is 5.75 Å². The van der Waals surface area contributed by atoms with E-state index in [1.807, 2.05) is 6.07 Å². The summed E-state index contributed by atoms with van der Waals surface area (Å²) < 4.78 is 5.85. The predicted molar refractivity (Wildman–Crippen MR) is 80.7 cm³/mol. The Hall–Kier alpha value is -1.55. The number of rotatable bonds is 6. The Labute approximate surface area is 125 Å². The van der Waals surface area contributed by atoms with Crippen molar-refractivity contribution in [1.29, 1.82) is 0 Å². The highest BCUT2D eigenvalue weighted by atomic mass is 16.5. The summed E-state index contributed by atoms with van der Waals surface area (Å²) in [5.41, 5.74) is 1.82. The molecule has 0 amide bonds. The van der Waals surface area contributed by atoms with Gasteiger partial charge in [0.1, 0.15) is 12.4 Å². The summed E-state index contributed by atoms with van der Waals surface area (Å²) in [6.45, 7) is 0.183. The number of carbonyl (C=O) groups is 1. The topological polar surface area (TPSA) is 58.6 Å². The van der Waals surface area contributed by atoms with Gasteiger partial charge < -0.3 is 15.2 Å². The Morgan fingerprint density at radius 1 is 1.33 bits per heavy atom. The quantitative estimate of drug-likeness (QED) is 0.844. The zero-order valence-electron chi connectivity index (χ0n) is 12.5. The fraction of sp³-hybridized carbons (Fsp3) is 0.588. The van der Waals surface area contributed by atoms with E-state index in [1.165, 1.54) is 24.0 Å². The number of aryl methyl sites for hydroxylation is 2. The standard InChI is InChI=1S/C17H23NO3/c1-18-17(16(19)20,14-7-8-14)11-21-15-9-6-12-4-2-3-5-13(12)10-15/h6,9-10,14,18H,2-5,7-8,11H2,1H3,(H,19,20). The largest absolute Gasteiger partial charge is 0.491 e. The van der Waals surface area contributed by atoms with Gasteiger partial charge >= 0.3 is 5.97 Å². The average Bonchev–Trinajstić information content (AvgIpc) is 3.33. The smallest absolute Gasteiger partial charge is 0.327 e. The van der Waals surface area contributed by atoms with Gasteiger partial charge in [0, 0.05) is 0 Å². The van der Waals surface area contributed by atoms with Crippen molar-refractivity contribution in [1.82, 2.24) is 5.32 Å². The van der Waals surface area contributed by atoms with Gasteiger partial charge in [-0.2, -0.15) is 0 Å². The Morgan fingerprint density at radius 2 is 2.05 bits per heavy atom. The highest BCUT2D eigenvalue weighted by Gasteiger charge is 2.51. The fourth-order valence-electron chi connectivity index (χ4n) is 3.31. The van der Waals surface area contributed by atoms with E-state index < -0.39 is 11.5 Å². The third-order valence-corrected chi connectivity index (χ3v) is 4.89. The van der Waals surface area contributed by atoms with Gasteiger partial charge in [-0.05, 0) is 74.8 Å². The Balaban J connectivity index is 1.72. The summed E-state index contributed by atoms with van der Waals surface area (Å²) in [6, 6.07) is 6.19. The van der Waals surface area contributed by atoms with Gasteiger partial charge in [0.05, 0.1) is 0 Å². The van der Waals surface area contributed by atoms with Crippen molar-refractivity contribution in [3.05, 3.63) is 29.3 Å². The first-order chi connectivity index (χ1) is 10.2. The van der Waals surface area contributed by atoms with Crippen molar-refractivity contribution >= 4 is 5.97 Å². The van der Waals surface area contributed by atoms with Gasteiger partial charge in [-0.1, -0.05) is 6.07 Å². The zero-order valence-corrected chi connectivity index (χ0v) is 12.5. The molecule has 0 aromatic heterocycles. The molecule has 1 unspecified atom stereocenters. The summed E-state index contributed by atoms with van der Waals surface area (Å²) in [5.74, 6) is 0.153. The van der Waals surface area contributed by atoms with Crippen LogP contribution in [0, 0.1) is 5.92 Å². The average molecular weight is 289 g/mol. The van der Waals surface area contributed by atoms with E-state index in [1.54, 1.807) is 7.05 Å². The fourth-order valence-corrected chi connectivity index (χ4v) is 3.31. The molecule has 3 rings (SSSR count). The van der Waals surface area contributed by atoms with Gasteiger partial charge in [-0.15, -0.1) is 0 Å². The molecule has 1 saturated carbocycles. The molecule has 2 aliphatic carbocycles. The summed E-state index contributed by atoms with van der Waals surface area (Å²) in [4.78, 5) is 11.6. The molecule has 4 heteroatoms. The molecule has 114 valence electrons. The molecule has 0 bridgehead atoms. The Morgan fingerprint density at radius 3 is 2.67 bits per heavy atom. The molecule has 2 N–H and O–H groups in total. The maximum Gasteiger partial charge on any atom is 0.327 e. The Kier molecular flexibility index (Phi) is 3.89. The van der Waals surface area contributed by atoms with E-state index in [2.05, 4.69) is 17.4 Å². The molecule has 0 heterocycles. The highest BCUT2D eigenvalue weighted by molar-refractivity contribution is 5.80. The summed E-state index contributed by atoms with van der Waals surface area (Å²) in [6.07, 6.45) is 6.66. The van der Waals surface area contributed by atoms with Crippen molar-refractivity contribution in [2.75, 3.05) is 13.7 Å². The lowest BCUT2D eigenvalue weighted by Gasteiger charge is -2.29. The van der Waals surface area contributed by atoms with Crippen LogP contribution in [0.1, 0.15) is 36.8 Å². The number of likely N-dealkylation sites (N-methyl/N-ethyl adjacent to an activating group) is 1. The number of aliphatic carboxylic acids is 1. The molecule has 1 aromatic carbocycles. The van der Waals surface area contributed by atoms with Crippen LogP contribution in [0.4, 0.5) is 0 Å². The second kappa shape index (κ2) is 5.68. The minimum atomic E-state index is -0.949. The molecule has 1 fully saturated rings. The first kappa shape index (κ1) is 14.4. The van der Waals surface area contributed by atoms with E-state index >= 15 is 0 Å². The number of hydrogen-bond donors (Lipinski definition) is 2. The summed E-state index contributed by atoms with van der Waals surface area (Å²) >= 11 is 0. The molecule has 4 nitrogen and oxygen atoms in total. The molecule has 0 spiro atoms. The van der Waals surface area contributed by atoms with Gasteiger partial charge in [-0.25, -0.2) is 0 Å². The first-order valence-electron chi connectivity index (χ1n) is 7.82. The van der Waals surface area contributed by atoms with E-state index in [4.69, 9.17) is 4.74 Å². The number of nitrogens with one attached hydrogen (secondary N) is 1. The lowest BCUT2D eigenvalue weighted by atomic mass is 9.91. The summed E-state index contributed by atoms with van der Waals surface area (Å²) in [7, 11) is 1.71. The maximum absolute atomic E-state index is 11.6. The SMILES string of the molecule is CNC(COc1ccc2c(c1)CCCC2)(C(=O)O)C1CC1.